The summed E-state index contributed by atoms with van der Waals surface area (Å²) in [6, 6.07) is 4.84. The predicted molar refractivity (Wildman–Crippen MR) is 77.7 cm³/mol. The van der Waals surface area contributed by atoms with Gasteiger partial charge in [0.05, 0.1) is 11.9 Å². The highest BCUT2D eigenvalue weighted by Crippen LogP contribution is 2.35. The molecule has 100 valence electrons. The van der Waals surface area contributed by atoms with Gasteiger partial charge in [0.2, 0.25) is 0 Å². The van der Waals surface area contributed by atoms with Gasteiger partial charge in [-0.15, -0.1) is 0 Å². The highest BCUT2D eigenvalue weighted by atomic mass is 14.9. The Hall–Kier alpha value is -1.05. The molecule has 1 aliphatic carbocycles. The van der Waals surface area contributed by atoms with Crippen molar-refractivity contribution in [3.05, 3.63) is 24.0 Å². The van der Waals surface area contributed by atoms with Crippen LogP contribution in [-0.2, 0) is 0 Å². The van der Waals surface area contributed by atoms with Crippen LogP contribution < -0.4 is 5.32 Å². The summed E-state index contributed by atoms with van der Waals surface area (Å²) < 4.78 is 0. The Morgan fingerprint density at radius 2 is 2.06 bits per heavy atom. The molecular weight excluding hydrogens is 220 g/mol. The largest absolute Gasteiger partial charge is 0.381 e. The average Bonchev–Trinajstić information content (AvgIpc) is 2.32. The molecule has 3 unspecified atom stereocenters. The Balaban J connectivity index is 2.06. The molecule has 0 aromatic carbocycles. The Bertz CT molecular complexity index is 369. The van der Waals surface area contributed by atoms with E-state index in [4.69, 9.17) is 0 Å². The van der Waals surface area contributed by atoms with Crippen LogP contribution in [0, 0.1) is 24.7 Å². The number of hydrogen-bond acceptors (Lipinski definition) is 2. The van der Waals surface area contributed by atoms with Gasteiger partial charge in [-0.1, -0.05) is 27.2 Å². The molecule has 0 bridgehead atoms. The SMILES string of the molecule is Cc1ccc(NC2CC(C)CCC2C(C)C)cn1. The van der Waals surface area contributed by atoms with E-state index in [1.54, 1.807) is 0 Å². The van der Waals surface area contributed by atoms with E-state index in [0.29, 0.717) is 6.04 Å². The molecule has 0 spiro atoms. The van der Waals surface area contributed by atoms with Crippen LogP contribution in [0.2, 0.25) is 0 Å². The molecule has 18 heavy (non-hydrogen) atoms. The number of aromatic nitrogens is 1. The first-order valence-electron chi connectivity index (χ1n) is 7.25. The summed E-state index contributed by atoms with van der Waals surface area (Å²) in [6.45, 7) is 9.10. The smallest absolute Gasteiger partial charge is 0.0529 e. The van der Waals surface area contributed by atoms with Crippen molar-refractivity contribution < 1.29 is 0 Å². The number of nitrogens with one attached hydrogen (secondary N) is 1. The molecule has 1 aromatic rings. The van der Waals surface area contributed by atoms with Crippen LogP contribution >= 0.6 is 0 Å². The first-order valence-corrected chi connectivity index (χ1v) is 7.25. The molecular formula is C16H26N2. The van der Waals surface area contributed by atoms with Gasteiger partial charge in [0.25, 0.3) is 0 Å². The van der Waals surface area contributed by atoms with Crippen LogP contribution in [0.1, 0.15) is 45.7 Å². The summed E-state index contributed by atoms with van der Waals surface area (Å²) in [7, 11) is 0. The zero-order valence-corrected chi connectivity index (χ0v) is 12.1. The highest BCUT2D eigenvalue weighted by molar-refractivity contribution is 5.42. The van der Waals surface area contributed by atoms with Crippen LogP contribution in [-0.4, -0.2) is 11.0 Å². The molecule has 0 saturated heterocycles. The molecule has 0 amide bonds. The summed E-state index contributed by atoms with van der Waals surface area (Å²) in [5.74, 6) is 2.40. The van der Waals surface area contributed by atoms with Crippen LogP contribution in [0.5, 0.6) is 0 Å². The van der Waals surface area contributed by atoms with Crippen molar-refractivity contribution in [3.8, 4) is 0 Å². The van der Waals surface area contributed by atoms with E-state index in [1.807, 2.05) is 13.1 Å². The van der Waals surface area contributed by atoms with Crippen molar-refractivity contribution in [2.45, 2.75) is 53.0 Å². The third-order valence-electron chi connectivity index (χ3n) is 4.29. The Morgan fingerprint density at radius 1 is 1.28 bits per heavy atom. The fraction of sp³-hybridized carbons (Fsp3) is 0.688. The zero-order valence-electron chi connectivity index (χ0n) is 12.1. The van der Waals surface area contributed by atoms with Gasteiger partial charge in [-0.2, -0.15) is 0 Å². The molecule has 1 fully saturated rings. The van der Waals surface area contributed by atoms with Crippen molar-refractivity contribution in [1.82, 2.24) is 4.98 Å². The summed E-state index contributed by atoms with van der Waals surface area (Å²) >= 11 is 0. The summed E-state index contributed by atoms with van der Waals surface area (Å²) in [5, 5.41) is 3.71. The van der Waals surface area contributed by atoms with Gasteiger partial charge in [0.15, 0.2) is 0 Å². The number of rotatable bonds is 3. The van der Waals surface area contributed by atoms with Crippen LogP contribution in [0.15, 0.2) is 18.3 Å². The van der Waals surface area contributed by atoms with Gasteiger partial charge >= 0.3 is 0 Å². The molecule has 0 aliphatic heterocycles. The third kappa shape index (κ3) is 3.24. The van der Waals surface area contributed by atoms with Gasteiger partial charge in [-0.3, -0.25) is 4.98 Å². The summed E-state index contributed by atoms with van der Waals surface area (Å²) in [5.41, 5.74) is 2.25. The van der Waals surface area contributed by atoms with Gasteiger partial charge < -0.3 is 5.32 Å². The molecule has 1 aromatic heterocycles. The summed E-state index contributed by atoms with van der Waals surface area (Å²) in [6.07, 6.45) is 5.99. The van der Waals surface area contributed by atoms with E-state index in [2.05, 4.69) is 43.2 Å². The van der Waals surface area contributed by atoms with Crippen molar-refractivity contribution in [3.63, 3.8) is 0 Å². The van der Waals surface area contributed by atoms with E-state index >= 15 is 0 Å². The lowest BCUT2D eigenvalue weighted by Gasteiger charge is -2.38. The van der Waals surface area contributed by atoms with Gasteiger partial charge in [0, 0.05) is 11.7 Å². The first kappa shape index (κ1) is 13.4. The lowest BCUT2D eigenvalue weighted by atomic mass is 9.74. The molecule has 1 N–H and O–H groups in total. The van der Waals surface area contributed by atoms with Gasteiger partial charge in [-0.25, -0.2) is 0 Å². The zero-order chi connectivity index (χ0) is 13.1. The first-order chi connectivity index (χ1) is 8.56. The maximum atomic E-state index is 4.37. The Labute approximate surface area is 111 Å². The molecule has 1 aliphatic rings. The van der Waals surface area contributed by atoms with Crippen LogP contribution in [0.25, 0.3) is 0 Å². The fourth-order valence-corrected chi connectivity index (χ4v) is 3.14. The second-order valence-corrected chi connectivity index (χ2v) is 6.27. The Morgan fingerprint density at radius 3 is 2.67 bits per heavy atom. The lowest BCUT2D eigenvalue weighted by Crippen LogP contribution is -2.37. The normalized spacial score (nSPS) is 28.4. The molecule has 0 radical (unpaired) electrons. The van der Waals surface area contributed by atoms with Gasteiger partial charge in [-0.05, 0) is 49.7 Å². The monoisotopic (exact) mass is 246 g/mol. The minimum Gasteiger partial charge on any atom is -0.381 e. The van der Waals surface area contributed by atoms with Crippen molar-refractivity contribution >= 4 is 5.69 Å². The van der Waals surface area contributed by atoms with Crippen LogP contribution in [0.3, 0.4) is 0 Å². The maximum absolute atomic E-state index is 4.37. The van der Waals surface area contributed by atoms with E-state index in [9.17, 15) is 0 Å². The standard InChI is InChI=1S/C16H26N2/c1-11(2)15-8-5-12(3)9-16(15)18-14-7-6-13(4)17-10-14/h6-7,10-12,15-16,18H,5,8-9H2,1-4H3. The van der Waals surface area contributed by atoms with Crippen LogP contribution in [0.4, 0.5) is 5.69 Å². The van der Waals surface area contributed by atoms with Crippen molar-refractivity contribution in [1.29, 1.82) is 0 Å². The molecule has 2 rings (SSSR count). The molecule has 1 saturated carbocycles. The second-order valence-electron chi connectivity index (χ2n) is 6.27. The number of pyridine rings is 1. The van der Waals surface area contributed by atoms with Gasteiger partial charge in [0.1, 0.15) is 0 Å². The number of hydrogen-bond donors (Lipinski definition) is 1. The maximum Gasteiger partial charge on any atom is 0.0529 e. The molecule has 3 atom stereocenters. The molecule has 2 nitrogen and oxygen atoms in total. The minimum absolute atomic E-state index is 0.609. The Kier molecular flexibility index (Phi) is 4.26. The molecule has 1 heterocycles. The lowest BCUT2D eigenvalue weighted by molar-refractivity contribution is 0.212. The van der Waals surface area contributed by atoms with E-state index in [1.165, 1.54) is 24.9 Å². The van der Waals surface area contributed by atoms with E-state index in [-0.39, 0.29) is 0 Å². The number of aryl methyl sites for hydroxylation is 1. The molecule has 2 heteroatoms. The average molecular weight is 246 g/mol. The third-order valence-corrected chi connectivity index (χ3v) is 4.29. The quantitative estimate of drug-likeness (QED) is 0.862. The predicted octanol–water partition coefficient (Wildman–Crippen LogP) is 4.26. The minimum atomic E-state index is 0.609. The van der Waals surface area contributed by atoms with Crippen molar-refractivity contribution in [2.24, 2.45) is 17.8 Å². The summed E-state index contributed by atoms with van der Waals surface area (Å²) in [4.78, 5) is 4.37. The van der Waals surface area contributed by atoms with E-state index < -0.39 is 0 Å². The second kappa shape index (κ2) is 5.73. The topological polar surface area (TPSA) is 24.9 Å². The fourth-order valence-electron chi connectivity index (χ4n) is 3.14. The number of nitrogens with zero attached hydrogens (tertiary/aromatic N) is 1. The highest BCUT2D eigenvalue weighted by Gasteiger charge is 2.30. The number of anilines is 1. The van der Waals surface area contributed by atoms with Crippen molar-refractivity contribution in [2.75, 3.05) is 5.32 Å². The van der Waals surface area contributed by atoms with E-state index in [0.717, 1.165) is 23.4 Å².